The molecule has 0 saturated heterocycles. The van der Waals surface area contributed by atoms with E-state index in [-0.39, 0.29) is 0 Å². The van der Waals surface area contributed by atoms with Crippen molar-refractivity contribution in [1.29, 1.82) is 0 Å². The van der Waals surface area contributed by atoms with Gasteiger partial charge in [0.2, 0.25) is 0 Å². The molecule has 0 aliphatic carbocycles. The Morgan fingerprint density at radius 2 is 1.88 bits per heavy atom. The van der Waals surface area contributed by atoms with E-state index >= 15 is 0 Å². The van der Waals surface area contributed by atoms with Crippen LogP contribution in [0.2, 0.25) is 5.02 Å². The number of hydrogen-bond donors (Lipinski definition) is 1. The van der Waals surface area contributed by atoms with Gasteiger partial charge in [0.05, 0.1) is 0 Å². The van der Waals surface area contributed by atoms with E-state index in [0.29, 0.717) is 4.77 Å². The average molecular weight is 249 g/mol. The van der Waals surface area contributed by atoms with Crippen molar-refractivity contribution in [2.45, 2.75) is 0 Å². The van der Waals surface area contributed by atoms with Crippen LogP contribution in [0.25, 0.3) is 12.2 Å². The Hall–Kier alpha value is -1.45. The van der Waals surface area contributed by atoms with E-state index in [4.69, 9.17) is 23.8 Å². The highest BCUT2D eigenvalue weighted by Crippen LogP contribution is 2.11. The number of rotatable bonds is 2. The summed E-state index contributed by atoms with van der Waals surface area (Å²) < 4.78 is 0.484. The molecule has 1 heterocycles. The van der Waals surface area contributed by atoms with Crippen molar-refractivity contribution in [3.63, 3.8) is 0 Å². The number of H-pyrrole nitrogens is 1. The molecule has 0 radical (unpaired) electrons. The lowest BCUT2D eigenvalue weighted by atomic mass is 10.2. The molecule has 1 aromatic carbocycles. The van der Waals surface area contributed by atoms with Gasteiger partial charge in [-0.25, -0.2) is 4.98 Å². The van der Waals surface area contributed by atoms with Crippen LogP contribution in [0.1, 0.15) is 11.3 Å². The fourth-order valence-electron chi connectivity index (χ4n) is 1.24. The van der Waals surface area contributed by atoms with Crippen LogP contribution in [-0.2, 0) is 0 Å². The van der Waals surface area contributed by atoms with Crippen molar-refractivity contribution >= 4 is 36.0 Å². The largest absolute Gasteiger partial charge is 0.331 e. The van der Waals surface area contributed by atoms with Crippen LogP contribution in [0.15, 0.2) is 36.5 Å². The van der Waals surface area contributed by atoms with E-state index in [9.17, 15) is 0 Å². The predicted molar refractivity (Wildman–Crippen MR) is 69.8 cm³/mol. The minimum absolute atomic E-state index is 0.484. The molecule has 2 aromatic rings. The van der Waals surface area contributed by atoms with E-state index in [1.165, 1.54) is 0 Å². The Bertz CT molecular complexity index is 558. The third-order valence-electron chi connectivity index (χ3n) is 2.02. The molecule has 0 amide bonds. The summed E-state index contributed by atoms with van der Waals surface area (Å²) >= 11 is 10.7. The smallest absolute Gasteiger partial charge is 0.197 e. The van der Waals surface area contributed by atoms with Crippen LogP contribution >= 0.6 is 23.8 Å². The first-order chi connectivity index (χ1) is 7.74. The van der Waals surface area contributed by atoms with Crippen LogP contribution in [0, 0.1) is 4.77 Å². The summed E-state index contributed by atoms with van der Waals surface area (Å²) in [5.41, 5.74) is 2.01. The Labute approximate surface area is 104 Å². The fraction of sp³-hybridized carbons (Fsp3) is 0. The molecule has 0 unspecified atom stereocenters. The highest BCUT2D eigenvalue weighted by Gasteiger charge is 1.89. The highest BCUT2D eigenvalue weighted by atomic mass is 35.5. The number of aromatic amines is 1. The van der Waals surface area contributed by atoms with Crippen molar-refractivity contribution in [1.82, 2.24) is 9.97 Å². The maximum Gasteiger partial charge on any atom is 0.197 e. The summed E-state index contributed by atoms with van der Waals surface area (Å²) in [5.74, 6) is 0. The maximum atomic E-state index is 5.80. The van der Waals surface area contributed by atoms with Crippen molar-refractivity contribution in [3.8, 4) is 0 Å². The second kappa shape index (κ2) is 5.05. The lowest BCUT2D eigenvalue weighted by Crippen LogP contribution is -1.83. The SMILES string of the molecule is S=c1nccc(C=Cc2ccc(Cl)cc2)[nH]1. The first-order valence-electron chi connectivity index (χ1n) is 4.73. The first kappa shape index (κ1) is 11.0. The third-order valence-corrected chi connectivity index (χ3v) is 2.48. The summed E-state index contributed by atoms with van der Waals surface area (Å²) in [4.78, 5) is 6.89. The number of nitrogens with one attached hydrogen (secondary N) is 1. The summed E-state index contributed by atoms with van der Waals surface area (Å²) in [5, 5.41) is 0.737. The molecule has 4 heteroatoms. The zero-order valence-corrected chi connectivity index (χ0v) is 9.92. The molecule has 80 valence electrons. The van der Waals surface area contributed by atoms with E-state index in [0.717, 1.165) is 16.3 Å². The van der Waals surface area contributed by atoms with Gasteiger partial charge in [0, 0.05) is 16.9 Å². The molecule has 1 N–H and O–H groups in total. The lowest BCUT2D eigenvalue weighted by molar-refractivity contribution is 1.12. The molecule has 2 rings (SSSR count). The molecule has 16 heavy (non-hydrogen) atoms. The number of benzene rings is 1. The highest BCUT2D eigenvalue weighted by molar-refractivity contribution is 7.71. The van der Waals surface area contributed by atoms with E-state index in [1.54, 1.807) is 6.20 Å². The van der Waals surface area contributed by atoms with Gasteiger partial charge >= 0.3 is 0 Å². The normalized spacial score (nSPS) is 10.8. The number of hydrogen-bond acceptors (Lipinski definition) is 2. The van der Waals surface area contributed by atoms with Crippen molar-refractivity contribution in [2.75, 3.05) is 0 Å². The van der Waals surface area contributed by atoms with E-state index < -0.39 is 0 Å². The molecule has 0 aliphatic rings. The predicted octanol–water partition coefficient (Wildman–Crippen LogP) is 3.96. The topological polar surface area (TPSA) is 28.7 Å². The molecule has 1 aromatic heterocycles. The zero-order valence-electron chi connectivity index (χ0n) is 8.35. The molecule has 0 bridgehead atoms. The molecular formula is C12H9ClN2S. The zero-order chi connectivity index (χ0) is 11.4. The number of aromatic nitrogens is 2. The molecule has 0 saturated carbocycles. The quantitative estimate of drug-likeness (QED) is 0.815. The van der Waals surface area contributed by atoms with Gasteiger partial charge in [0.1, 0.15) is 0 Å². The second-order valence-electron chi connectivity index (χ2n) is 3.22. The molecule has 0 spiro atoms. The maximum absolute atomic E-state index is 5.80. The number of halogens is 1. The van der Waals surface area contributed by atoms with Gasteiger partial charge in [0.25, 0.3) is 0 Å². The van der Waals surface area contributed by atoms with Crippen molar-refractivity contribution in [2.24, 2.45) is 0 Å². The Kier molecular flexibility index (Phi) is 3.49. The first-order valence-corrected chi connectivity index (χ1v) is 5.52. The van der Waals surface area contributed by atoms with Crippen molar-refractivity contribution in [3.05, 3.63) is 57.6 Å². The van der Waals surface area contributed by atoms with Crippen LogP contribution in [-0.4, -0.2) is 9.97 Å². The molecule has 0 aliphatic heterocycles. The van der Waals surface area contributed by atoms with Gasteiger partial charge in [-0.1, -0.05) is 29.8 Å². The van der Waals surface area contributed by atoms with Gasteiger partial charge in [0.15, 0.2) is 4.77 Å². The summed E-state index contributed by atoms with van der Waals surface area (Å²) in [6, 6.07) is 9.48. The van der Waals surface area contributed by atoms with Crippen LogP contribution in [0.5, 0.6) is 0 Å². The molecule has 2 nitrogen and oxygen atoms in total. The second-order valence-corrected chi connectivity index (χ2v) is 4.04. The van der Waals surface area contributed by atoms with Gasteiger partial charge in [-0.2, -0.15) is 0 Å². The summed E-state index contributed by atoms with van der Waals surface area (Å²) in [7, 11) is 0. The Balaban J connectivity index is 2.21. The van der Waals surface area contributed by atoms with Crippen LogP contribution in [0.3, 0.4) is 0 Å². The van der Waals surface area contributed by atoms with Gasteiger partial charge in [-0.3, -0.25) is 0 Å². The van der Waals surface area contributed by atoms with Gasteiger partial charge in [-0.05, 0) is 42.1 Å². The molecule has 0 fully saturated rings. The van der Waals surface area contributed by atoms with E-state index in [2.05, 4.69) is 9.97 Å². The number of nitrogens with zero attached hydrogens (tertiary/aromatic N) is 1. The minimum atomic E-state index is 0.484. The standard InChI is InChI=1S/C12H9ClN2S/c13-10-4-1-9(2-5-10)3-6-11-7-8-14-12(16)15-11/h1-8H,(H,14,15,16). The lowest BCUT2D eigenvalue weighted by Gasteiger charge is -1.95. The summed E-state index contributed by atoms with van der Waals surface area (Å²) in [6.07, 6.45) is 5.61. The fourth-order valence-corrected chi connectivity index (χ4v) is 1.54. The van der Waals surface area contributed by atoms with Gasteiger partial charge < -0.3 is 4.98 Å². The minimum Gasteiger partial charge on any atom is -0.331 e. The van der Waals surface area contributed by atoms with Crippen LogP contribution < -0.4 is 0 Å². The summed E-state index contributed by atoms with van der Waals surface area (Å²) in [6.45, 7) is 0. The molecular weight excluding hydrogens is 240 g/mol. The van der Waals surface area contributed by atoms with Crippen molar-refractivity contribution < 1.29 is 0 Å². The molecule has 0 atom stereocenters. The Morgan fingerprint density at radius 3 is 2.56 bits per heavy atom. The van der Waals surface area contributed by atoms with E-state index in [1.807, 2.05) is 42.5 Å². The van der Waals surface area contributed by atoms with Crippen LogP contribution in [0.4, 0.5) is 0 Å². The average Bonchev–Trinajstić information content (AvgIpc) is 2.28. The monoisotopic (exact) mass is 248 g/mol. The van der Waals surface area contributed by atoms with Gasteiger partial charge in [-0.15, -0.1) is 0 Å². The third kappa shape index (κ3) is 3.02. The Morgan fingerprint density at radius 1 is 1.12 bits per heavy atom.